The number of nitrogens with zero attached hydrogens (tertiary/aromatic N) is 1. The van der Waals surface area contributed by atoms with Gasteiger partial charge in [0.1, 0.15) is 5.88 Å². The highest BCUT2D eigenvalue weighted by molar-refractivity contribution is 6.27. The zero-order valence-corrected chi connectivity index (χ0v) is 12.2. The molecular formula is C13H23ClN2O2. The maximum atomic E-state index is 11.8. The lowest BCUT2D eigenvalue weighted by Crippen LogP contribution is -2.56. The molecule has 104 valence electrons. The molecule has 2 unspecified atom stereocenters. The summed E-state index contributed by atoms with van der Waals surface area (Å²) < 4.78 is 0. The molecule has 0 bridgehead atoms. The molecule has 0 aromatic heterocycles. The number of alkyl halides is 1. The predicted octanol–water partition coefficient (Wildman–Crippen LogP) is 1.91. The van der Waals surface area contributed by atoms with Crippen molar-refractivity contribution in [1.29, 1.82) is 0 Å². The molecule has 18 heavy (non-hydrogen) atoms. The maximum absolute atomic E-state index is 11.8. The van der Waals surface area contributed by atoms with Gasteiger partial charge in [-0.3, -0.25) is 9.59 Å². The van der Waals surface area contributed by atoms with Crippen LogP contribution in [0.4, 0.5) is 0 Å². The van der Waals surface area contributed by atoms with Crippen LogP contribution < -0.4 is 5.32 Å². The van der Waals surface area contributed by atoms with Crippen LogP contribution in [0.2, 0.25) is 0 Å². The summed E-state index contributed by atoms with van der Waals surface area (Å²) in [6, 6.07) is 0.292. The minimum absolute atomic E-state index is 0.0228. The van der Waals surface area contributed by atoms with Gasteiger partial charge < -0.3 is 10.2 Å². The highest BCUT2D eigenvalue weighted by Gasteiger charge is 2.33. The molecule has 0 aromatic carbocycles. The summed E-state index contributed by atoms with van der Waals surface area (Å²) in [7, 11) is 0. The highest BCUT2D eigenvalue weighted by atomic mass is 35.5. The van der Waals surface area contributed by atoms with E-state index in [9.17, 15) is 9.59 Å². The van der Waals surface area contributed by atoms with E-state index < -0.39 is 0 Å². The van der Waals surface area contributed by atoms with E-state index in [4.69, 9.17) is 11.6 Å². The number of halogens is 1. The van der Waals surface area contributed by atoms with Gasteiger partial charge in [0, 0.05) is 19.0 Å². The van der Waals surface area contributed by atoms with Crippen molar-refractivity contribution < 1.29 is 9.59 Å². The van der Waals surface area contributed by atoms with E-state index in [0.29, 0.717) is 0 Å². The second-order valence-corrected chi connectivity index (χ2v) is 5.45. The summed E-state index contributed by atoms with van der Waals surface area (Å²) in [6.07, 6.45) is 4.07. The molecule has 0 aromatic rings. The van der Waals surface area contributed by atoms with Crippen molar-refractivity contribution in [2.45, 2.75) is 64.6 Å². The Labute approximate surface area is 114 Å². The third-order valence-corrected chi connectivity index (χ3v) is 3.72. The number of carbonyl (C=O) groups excluding carboxylic acids is 2. The van der Waals surface area contributed by atoms with Gasteiger partial charge in [-0.1, -0.05) is 12.8 Å². The Balaban J connectivity index is 2.79. The second kappa shape index (κ2) is 6.98. The first-order chi connectivity index (χ1) is 8.47. The third kappa shape index (κ3) is 3.87. The van der Waals surface area contributed by atoms with Gasteiger partial charge in [0.25, 0.3) is 0 Å². The van der Waals surface area contributed by atoms with Gasteiger partial charge in [-0.2, -0.15) is 0 Å². The zero-order valence-electron chi connectivity index (χ0n) is 11.4. The Morgan fingerprint density at radius 1 is 1.33 bits per heavy atom. The van der Waals surface area contributed by atoms with Crippen molar-refractivity contribution in [2.75, 3.05) is 5.88 Å². The van der Waals surface area contributed by atoms with E-state index in [1.165, 1.54) is 0 Å². The molecule has 1 rings (SSSR count). The molecule has 2 atom stereocenters. The van der Waals surface area contributed by atoms with Crippen molar-refractivity contribution in [3.63, 3.8) is 0 Å². The molecule has 0 spiro atoms. The molecule has 1 saturated carbocycles. The highest BCUT2D eigenvalue weighted by Crippen LogP contribution is 2.25. The molecule has 1 fully saturated rings. The van der Waals surface area contributed by atoms with Crippen LogP contribution in [0.5, 0.6) is 0 Å². The van der Waals surface area contributed by atoms with E-state index in [0.717, 1.165) is 25.7 Å². The monoisotopic (exact) mass is 274 g/mol. The third-order valence-electron chi connectivity index (χ3n) is 3.47. The van der Waals surface area contributed by atoms with Crippen LogP contribution >= 0.6 is 11.6 Å². The number of amides is 2. The summed E-state index contributed by atoms with van der Waals surface area (Å²) in [5, 5.41) is 2.94. The van der Waals surface area contributed by atoms with Gasteiger partial charge in [-0.15, -0.1) is 11.6 Å². The van der Waals surface area contributed by atoms with Gasteiger partial charge in [0.15, 0.2) is 0 Å². The van der Waals surface area contributed by atoms with Crippen molar-refractivity contribution in [2.24, 2.45) is 0 Å². The number of rotatable bonds is 4. The fourth-order valence-corrected chi connectivity index (χ4v) is 2.92. The first kappa shape index (κ1) is 15.3. The average molecular weight is 275 g/mol. The molecule has 4 nitrogen and oxygen atoms in total. The van der Waals surface area contributed by atoms with Crippen molar-refractivity contribution in [3.8, 4) is 0 Å². The topological polar surface area (TPSA) is 49.4 Å². The lowest BCUT2D eigenvalue weighted by molar-refractivity contribution is -0.135. The SMILES string of the molecule is CC(=O)N(C(C)C)C1CCCCC1NC(=O)CCl. The maximum Gasteiger partial charge on any atom is 0.235 e. The van der Waals surface area contributed by atoms with E-state index in [1.807, 2.05) is 18.7 Å². The molecular weight excluding hydrogens is 252 g/mol. The van der Waals surface area contributed by atoms with Crippen LogP contribution in [0.25, 0.3) is 0 Å². The van der Waals surface area contributed by atoms with Gasteiger partial charge >= 0.3 is 0 Å². The zero-order chi connectivity index (χ0) is 13.7. The molecule has 0 radical (unpaired) electrons. The molecule has 1 aliphatic carbocycles. The van der Waals surface area contributed by atoms with Crippen LogP contribution in [0.15, 0.2) is 0 Å². The van der Waals surface area contributed by atoms with E-state index in [-0.39, 0.29) is 35.8 Å². The first-order valence-electron chi connectivity index (χ1n) is 6.61. The van der Waals surface area contributed by atoms with Crippen molar-refractivity contribution in [1.82, 2.24) is 10.2 Å². The summed E-state index contributed by atoms with van der Waals surface area (Å²) >= 11 is 5.53. The molecule has 5 heteroatoms. The second-order valence-electron chi connectivity index (χ2n) is 5.18. The van der Waals surface area contributed by atoms with Gasteiger partial charge in [-0.05, 0) is 26.7 Å². The van der Waals surface area contributed by atoms with Gasteiger partial charge in [0.2, 0.25) is 11.8 Å². The minimum Gasteiger partial charge on any atom is -0.350 e. The predicted molar refractivity (Wildman–Crippen MR) is 72.6 cm³/mol. The Bertz CT molecular complexity index is 307. The fraction of sp³-hybridized carbons (Fsp3) is 0.846. The molecule has 0 heterocycles. The standard InChI is InChI=1S/C13H23ClN2O2/c1-9(2)16(10(3)17)12-7-5-4-6-11(12)15-13(18)8-14/h9,11-12H,4-8H2,1-3H3,(H,15,18). The quantitative estimate of drug-likeness (QED) is 0.796. The van der Waals surface area contributed by atoms with Crippen LogP contribution in [0, 0.1) is 0 Å². The molecule has 0 saturated heterocycles. The van der Waals surface area contributed by atoms with Crippen molar-refractivity contribution >= 4 is 23.4 Å². The molecule has 0 aliphatic heterocycles. The smallest absolute Gasteiger partial charge is 0.235 e. The Morgan fingerprint density at radius 2 is 1.94 bits per heavy atom. The van der Waals surface area contributed by atoms with E-state index >= 15 is 0 Å². The average Bonchev–Trinajstić information content (AvgIpc) is 2.30. The summed E-state index contributed by atoms with van der Waals surface area (Å²) in [5.74, 6) is -0.104. The fourth-order valence-electron chi connectivity index (χ4n) is 2.84. The number of hydrogen-bond acceptors (Lipinski definition) is 2. The molecule has 1 N–H and O–H groups in total. The number of hydrogen-bond donors (Lipinski definition) is 1. The molecule has 2 amide bonds. The van der Waals surface area contributed by atoms with Crippen LogP contribution in [0.1, 0.15) is 46.5 Å². The summed E-state index contributed by atoms with van der Waals surface area (Å²) in [4.78, 5) is 25.1. The van der Waals surface area contributed by atoms with Gasteiger partial charge in [0.05, 0.1) is 6.04 Å². The Kier molecular flexibility index (Phi) is 5.93. The number of carbonyl (C=O) groups is 2. The lowest BCUT2D eigenvalue weighted by Gasteiger charge is -2.42. The van der Waals surface area contributed by atoms with Crippen LogP contribution in [-0.4, -0.2) is 40.7 Å². The lowest BCUT2D eigenvalue weighted by atomic mass is 9.88. The molecule has 1 aliphatic rings. The Hall–Kier alpha value is -0.770. The summed E-state index contributed by atoms with van der Waals surface area (Å²) in [5.41, 5.74) is 0. The van der Waals surface area contributed by atoms with Crippen molar-refractivity contribution in [3.05, 3.63) is 0 Å². The van der Waals surface area contributed by atoms with E-state index in [2.05, 4.69) is 5.32 Å². The summed E-state index contributed by atoms with van der Waals surface area (Å²) in [6.45, 7) is 5.61. The Morgan fingerprint density at radius 3 is 2.44 bits per heavy atom. The largest absolute Gasteiger partial charge is 0.350 e. The minimum atomic E-state index is -0.152. The van der Waals surface area contributed by atoms with Crippen LogP contribution in [0.3, 0.4) is 0 Å². The van der Waals surface area contributed by atoms with E-state index in [1.54, 1.807) is 6.92 Å². The number of nitrogens with one attached hydrogen (secondary N) is 1. The van der Waals surface area contributed by atoms with Gasteiger partial charge in [-0.25, -0.2) is 0 Å². The normalized spacial score (nSPS) is 23.8. The van der Waals surface area contributed by atoms with Crippen LogP contribution in [-0.2, 0) is 9.59 Å². The first-order valence-corrected chi connectivity index (χ1v) is 7.15.